The second-order valence-electron chi connectivity index (χ2n) is 9.72. The summed E-state index contributed by atoms with van der Waals surface area (Å²) in [7, 11) is 0. The molecule has 2 heterocycles. The number of hydrogen-bond donors (Lipinski definition) is 0. The molecule has 182 valence electrons. The zero-order chi connectivity index (χ0) is 24.9. The number of nitrogens with zero attached hydrogens (tertiary/aromatic N) is 2. The van der Waals surface area contributed by atoms with E-state index in [1.54, 1.807) is 36.1 Å². The van der Waals surface area contributed by atoms with Crippen LogP contribution in [0.1, 0.15) is 43.2 Å². The number of benzene rings is 2. The van der Waals surface area contributed by atoms with Crippen LogP contribution in [-0.2, 0) is 19.2 Å². The number of rotatable bonds is 4. The standard InChI is InChI=1S/C27H27ClN2O5/c1-15-7-8-18(13-22(15)28)29-14-17(12-24(29)31)27(34)35-19-9-10-23(16(2)11-19)30-25(32)20-5-3-4-6-21(20)26(30)33/h7-11,13,17,20-21H,3-6,12,14H2,1-2H3/t17-,20-,21-/m1/s1. The van der Waals surface area contributed by atoms with Crippen LogP contribution in [0.2, 0.25) is 5.02 Å². The summed E-state index contributed by atoms with van der Waals surface area (Å²) in [4.78, 5) is 54.1. The third-order valence-corrected chi connectivity index (χ3v) is 7.80. The third-order valence-electron chi connectivity index (χ3n) is 7.39. The highest BCUT2D eigenvalue weighted by Crippen LogP contribution is 2.41. The van der Waals surface area contributed by atoms with Gasteiger partial charge in [0.15, 0.2) is 0 Å². The van der Waals surface area contributed by atoms with Crippen LogP contribution >= 0.6 is 11.6 Å². The fraction of sp³-hybridized carbons (Fsp3) is 0.407. The molecule has 3 atom stereocenters. The number of esters is 1. The van der Waals surface area contributed by atoms with Crippen LogP contribution in [0, 0.1) is 31.6 Å². The molecule has 3 aliphatic rings. The minimum absolute atomic E-state index is 0.0565. The van der Waals surface area contributed by atoms with Crippen LogP contribution in [0.4, 0.5) is 11.4 Å². The number of anilines is 2. The molecule has 2 aromatic rings. The van der Waals surface area contributed by atoms with E-state index in [2.05, 4.69) is 0 Å². The molecule has 0 radical (unpaired) electrons. The molecule has 0 spiro atoms. The van der Waals surface area contributed by atoms with E-state index in [1.165, 1.54) is 4.90 Å². The highest BCUT2D eigenvalue weighted by molar-refractivity contribution is 6.31. The molecule has 5 rings (SSSR count). The van der Waals surface area contributed by atoms with Gasteiger partial charge in [-0.2, -0.15) is 0 Å². The summed E-state index contributed by atoms with van der Waals surface area (Å²) >= 11 is 6.20. The Morgan fingerprint density at radius 3 is 2.26 bits per heavy atom. The molecule has 0 bridgehead atoms. The zero-order valence-corrected chi connectivity index (χ0v) is 20.5. The second-order valence-corrected chi connectivity index (χ2v) is 10.1. The molecule has 2 aliphatic heterocycles. The molecule has 3 fully saturated rings. The van der Waals surface area contributed by atoms with E-state index >= 15 is 0 Å². The van der Waals surface area contributed by atoms with Gasteiger partial charge in [0.2, 0.25) is 17.7 Å². The molecule has 3 amide bonds. The van der Waals surface area contributed by atoms with Gasteiger partial charge in [0.25, 0.3) is 0 Å². The summed E-state index contributed by atoms with van der Waals surface area (Å²) < 4.78 is 5.59. The van der Waals surface area contributed by atoms with Crippen molar-refractivity contribution in [3.63, 3.8) is 0 Å². The van der Waals surface area contributed by atoms with Crippen molar-refractivity contribution in [1.82, 2.24) is 0 Å². The maximum Gasteiger partial charge on any atom is 0.316 e. The van der Waals surface area contributed by atoms with E-state index in [0.29, 0.717) is 27.7 Å². The van der Waals surface area contributed by atoms with Gasteiger partial charge < -0.3 is 9.64 Å². The lowest BCUT2D eigenvalue weighted by atomic mass is 9.81. The number of halogens is 1. The van der Waals surface area contributed by atoms with Gasteiger partial charge in [0.1, 0.15) is 5.75 Å². The van der Waals surface area contributed by atoms with E-state index in [-0.39, 0.29) is 42.5 Å². The molecule has 1 saturated carbocycles. The molecule has 35 heavy (non-hydrogen) atoms. The quantitative estimate of drug-likeness (QED) is 0.352. The Hall–Kier alpha value is -3.19. The Morgan fingerprint density at radius 1 is 0.943 bits per heavy atom. The number of hydrogen-bond acceptors (Lipinski definition) is 5. The molecule has 2 aromatic carbocycles. The summed E-state index contributed by atoms with van der Waals surface area (Å²) in [6.45, 7) is 3.89. The third kappa shape index (κ3) is 4.22. The monoisotopic (exact) mass is 494 g/mol. The summed E-state index contributed by atoms with van der Waals surface area (Å²) in [6, 6.07) is 10.3. The predicted molar refractivity (Wildman–Crippen MR) is 131 cm³/mol. The number of ether oxygens (including phenoxy) is 1. The molecule has 0 N–H and O–H groups in total. The first-order valence-corrected chi connectivity index (χ1v) is 12.4. The average molecular weight is 495 g/mol. The van der Waals surface area contributed by atoms with Crippen LogP contribution in [0.15, 0.2) is 36.4 Å². The van der Waals surface area contributed by atoms with Crippen LogP contribution in [-0.4, -0.2) is 30.2 Å². The molecule has 0 unspecified atom stereocenters. The van der Waals surface area contributed by atoms with Gasteiger partial charge in [-0.15, -0.1) is 0 Å². The Kier molecular flexibility index (Phi) is 6.13. The minimum atomic E-state index is -0.604. The fourth-order valence-electron chi connectivity index (χ4n) is 5.41. The molecule has 2 saturated heterocycles. The van der Waals surface area contributed by atoms with Crippen LogP contribution in [0.3, 0.4) is 0 Å². The second kappa shape index (κ2) is 9.11. The van der Waals surface area contributed by atoms with Gasteiger partial charge >= 0.3 is 5.97 Å². The van der Waals surface area contributed by atoms with Crippen molar-refractivity contribution in [2.45, 2.75) is 46.0 Å². The fourth-order valence-corrected chi connectivity index (χ4v) is 5.58. The molecule has 0 aromatic heterocycles. The van der Waals surface area contributed by atoms with Gasteiger partial charge in [-0.1, -0.05) is 30.5 Å². The van der Waals surface area contributed by atoms with Crippen LogP contribution in [0.25, 0.3) is 0 Å². The maximum atomic E-state index is 12.9. The number of carbonyl (C=O) groups excluding carboxylic acids is 4. The van der Waals surface area contributed by atoms with E-state index in [4.69, 9.17) is 16.3 Å². The SMILES string of the molecule is Cc1ccc(N2C[C@H](C(=O)Oc3ccc(N4C(=O)[C@@H]5CCCC[C@H]5C4=O)c(C)c3)CC2=O)cc1Cl. The van der Waals surface area contributed by atoms with Crippen molar-refractivity contribution >= 4 is 46.7 Å². The van der Waals surface area contributed by atoms with Crippen LogP contribution < -0.4 is 14.5 Å². The lowest BCUT2D eigenvalue weighted by Crippen LogP contribution is -2.31. The van der Waals surface area contributed by atoms with Gasteiger partial charge in [0.05, 0.1) is 23.4 Å². The number of carbonyl (C=O) groups is 4. The first-order valence-electron chi connectivity index (χ1n) is 12.0. The normalized spacial score (nSPS) is 24.2. The lowest BCUT2D eigenvalue weighted by Gasteiger charge is -2.19. The highest BCUT2D eigenvalue weighted by Gasteiger charge is 2.49. The molecule has 1 aliphatic carbocycles. The predicted octanol–water partition coefficient (Wildman–Crippen LogP) is 4.59. The average Bonchev–Trinajstić information content (AvgIpc) is 3.34. The van der Waals surface area contributed by atoms with Crippen LogP contribution in [0.5, 0.6) is 5.75 Å². The Bertz CT molecular complexity index is 1220. The van der Waals surface area contributed by atoms with Gasteiger partial charge in [0, 0.05) is 23.7 Å². The largest absolute Gasteiger partial charge is 0.426 e. The summed E-state index contributed by atoms with van der Waals surface area (Å²) in [5.41, 5.74) is 2.77. The van der Waals surface area contributed by atoms with Crippen molar-refractivity contribution in [3.05, 3.63) is 52.5 Å². The summed E-state index contributed by atoms with van der Waals surface area (Å²) in [6.07, 6.45) is 3.51. The molecule has 7 nitrogen and oxygen atoms in total. The lowest BCUT2D eigenvalue weighted by molar-refractivity contribution is -0.139. The van der Waals surface area contributed by atoms with Crippen molar-refractivity contribution in [2.75, 3.05) is 16.3 Å². The van der Waals surface area contributed by atoms with Gasteiger partial charge in [-0.25, -0.2) is 4.90 Å². The Morgan fingerprint density at radius 2 is 1.63 bits per heavy atom. The van der Waals surface area contributed by atoms with Gasteiger partial charge in [-0.3, -0.25) is 19.2 Å². The summed E-state index contributed by atoms with van der Waals surface area (Å²) in [5.74, 6) is -1.65. The number of aryl methyl sites for hydroxylation is 2. The molecule has 8 heteroatoms. The van der Waals surface area contributed by atoms with E-state index in [1.807, 2.05) is 19.1 Å². The van der Waals surface area contributed by atoms with Crippen molar-refractivity contribution in [1.29, 1.82) is 0 Å². The zero-order valence-electron chi connectivity index (χ0n) is 19.8. The first kappa shape index (κ1) is 23.5. The van der Waals surface area contributed by atoms with E-state index < -0.39 is 11.9 Å². The molecular weight excluding hydrogens is 468 g/mol. The Labute approximate surface area is 209 Å². The Balaban J connectivity index is 1.28. The maximum absolute atomic E-state index is 12.9. The van der Waals surface area contributed by atoms with Crippen molar-refractivity contribution in [3.8, 4) is 5.75 Å². The topological polar surface area (TPSA) is 84.0 Å². The summed E-state index contributed by atoms with van der Waals surface area (Å²) in [5, 5.41) is 0.561. The van der Waals surface area contributed by atoms with E-state index in [0.717, 1.165) is 31.2 Å². The molecular formula is C27H27ClN2O5. The highest BCUT2D eigenvalue weighted by atomic mass is 35.5. The number of amides is 3. The number of imide groups is 1. The smallest absolute Gasteiger partial charge is 0.316 e. The minimum Gasteiger partial charge on any atom is -0.426 e. The van der Waals surface area contributed by atoms with Gasteiger partial charge in [-0.05, 0) is 68.1 Å². The van der Waals surface area contributed by atoms with Crippen molar-refractivity contribution < 1.29 is 23.9 Å². The van der Waals surface area contributed by atoms with E-state index in [9.17, 15) is 19.2 Å². The number of fused-ring (bicyclic) bond motifs is 1. The first-order chi connectivity index (χ1) is 16.7. The van der Waals surface area contributed by atoms with Crippen molar-refractivity contribution in [2.24, 2.45) is 17.8 Å².